The van der Waals surface area contributed by atoms with Crippen LogP contribution in [0.3, 0.4) is 0 Å². The molecule has 0 bridgehead atoms. The largest absolute Gasteiger partial charge is 0.659 e. The summed E-state index contributed by atoms with van der Waals surface area (Å²) in [5, 5.41) is 8.17. The minimum Gasteiger partial charge on any atom is -0.659 e. The molecule has 5 nitrogen and oxygen atoms in total. The van der Waals surface area contributed by atoms with Gasteiger partial charge in [-0.05, 0) is 0 Å². The SMILES string of the molecule is O=C(c1cc(-c2ccccc2)no1)N1CC[N-]CC1.[Y]. The smallest absolute Gasteiger partial charge is 0.292 e. The maximum absolute atomic E-state index is 12.2. The average Bonchev–Trinajstić information content (AvgIpc) is 2.98. The molecule has 0 atom stereocenters. The minimum absolute atomic E-state index is 0. The van der Waals surface area contributed by atoms with Crippen LogP contribution in [0.2, 0.25) is 0 Å². The van der Waals surface area contributed by atoms with Crippen LogP contribution < -0.4 is 0 Å². The fourth-order valence-corrected chi connectivity index (χ4v) is 2.09. The fraction of sp³-hybridized carbons (Fsp3) is 0.286. The summed E-state index contributed by atoms with van der Waals surface area (Å²) in [5.41, 5.74) is 1.63. The average molecular weight is 345 g/mol. The summed E-state index contributed by atoms with van der Waals surface area (Å²) < 4.78 is 5.16. The van der Waals surface area contributed by atoms with E-state index in [1.165, 1.54) is 0 Å². The van der Waals surface area contributed by atoms with Gasteiger partial charge in [-0.2, -0.15) is 0 Å². The van der Waals surface area contributed by atoms with Gasteiger partial charge in [0.25, 0.3) is 5.91 Å². The van der Waals surface area contributed by atoms with Crippen molar-refractivity contribution in [2.75, 3.05) is 26.2 Å². The fourth-order valence-electron chi connectivity index (χ4n) is 2.09. The molecule has 1 saturated heterocycles. The van der Waals surface area contributed by atoms with Gasteiger partial charge in [0, 0.05) is 57.4 Å². The van der Waals surface area contributed by atoms with E-state index in [1.807, 2.05) is 30.3 Å². The normalized spacial score (nSPS) is 14.7. The van der Waals surface area contributed by atoms with E-state index in [4.69, 9.17) is 4.52 Å². The molecule has 0 aliphatic carbocycles. The molecule has 20 heavy (non-hydrogen) atoms. The molecule has 2 heterocycles. The molecular formula is C14H14N3O2Y-. The molecule has 0 spiro atoms. The predicted molar refractivity (Wildman–Crippen MR) is 70.9 cm³/mol. The first-order valence-electron chi connectivity index (χ1n) is 6.29. The van der Waals surface area contributed by atoms with Crippen LogP contribution in [0, 0.1) is 0 Å². The minimum atomic E-state index is -0.107. The second kappa shape index (κ2) is 7.11. The second-order valence-corrected chi connectivity index (χ2v) is 4.41. The number of nitrogens with zero attached hydrogens (tertiary/aromatic N) is 3. The molecule has 1 aromatic heterocycles. The molecule has 1 aliphatic heterocycles. The molecule has 2 aromatic rings. The molecule has 1 fully saturated rings. The van der Waals surface area contributed by atoms with Crippen molar-refractivity contribution in [3.63, 3.8) is 0 Å². The van der Waals surface area contributed by atoms with E-state index in [0.717, 1.165) is 5.56 Å². The van der Waals surface area contributed by atoms with Gasteiger partial charge in [-0.3, -0.25) is 4.79 Å². The third kappa shape index (κ3) is 3.34. The molecule has 101 valence electrons. The second-order valence-electron chi connectivity index (χ2n) is 4.41. The first-order chi connectivity index (χ1) is 9.34. The monoisotopic (exact) mass is 345 g/mol. The van der Waals surface area contributed by atoms with Gasteiger partial charge in [-0.1, -0.05) is 35.5 Å². The van der Waals surface area contributed by atoms with Crippen LogP contribution in [0.5, 0.6) is 0 Å². The summed E-state index contributed by atoms with van der Waals surface area (Å²) >= 11 is 0. The van der Waals surface area contributed by atoms with E-state index >= 15 is 0 Å². The number of carbonyl (C=O) groups is 1. The number of hydrogen-bond donors (Lipinski definition) is 0. The van der Waals surface area contributed by atoms with Gasteiger partial charge in [0.1, 0.15) is 5.69 Å². The van der Waals surface area contributed by atoms with E-state index in [-0.39, 0.29) is 38.6 Å². The quantitative estimate of drug-likeness (QED) is 0.838. The third-order valence-electron chi connectivity index (χ3n) is 3.13. The zero-order valence-corrected chi connectivity index (χ0v) is 13.9. The predicted octanol–water partition coefficient (Wildman–Crippen LogP) is 2.17. The Bertz CT molecular complexity index is 565. The Kier molecular flexibility index (Phi) is 5.46. The summed E-state index contributed by atoms with van der Waals surface area (Å²) in [4.78, 5) is 13.9. The summed E-state index contributed by atoms with van der Waals surface area (Å²) in [6, 6.07) is 11.4. The Morgan fingerprint density at radius 1 is 1.20 bits per heavy atom. The van der Waals surface area contributed by atoms with Gasteiger partial charge in [0.05, 0.1) is 0 Å². The van der Waals surface area contributed by atoms with Gasteiger partial charge in [-0.15, -0.1) is 13.1 Å². The van der Waals surface area contributed by atoms with E-state index in [1.54, 1.807) is 11.0 Å². The van der Waals surface area contributed by atoms with E-state index in [0.29, 0.717) is 37.6 Å². The van der Waals surface area contributed by atoms with Crippen molar-refractivity contribution in [2.45, 2.75) is 0 Å². The van der Waals surface area contributed by atoms with E-state index in [9.17, 15) is 4.79 Å². The maximum atomic E-state index is 12.2. The molecular weight excluding hydrogens is 331 g/mol. The Labute approximate surface area is 142 Å². The number of benzene rings is 1. The van der Waals surface area contributed by atoms with Gasteiger partial charge in [-0.25, -0.2) is 0 Å². The molecule has 0 N–H and O–H groups in total. The molecule has 0 saturated carbocycles. The van der Waals surface area contributed by atoms with Crippen LogP contribution in [0.15, 0.2) is 40.9 Å². The summed E-state index contributed by atoms with van der Waals surface area (Å²) in [5.74, 6) is 0.185. The van der Waals surface area contributed by atoms with Crippen molar-refractivity contribution >= 4 is 5.91 Å². The van der Waals surface area contributed by atoms with Crippen molar-refractivity contribution in [3.05, 3.63) is 47.5 Å². The van der Waals surface area contributed by atoms with Crippen LogP contribution in [0.25, 0.3) is 16.6 Å². The van der Waals surface area contributed by atoms with Crippen molar-refractivity contribution in [3.8, 4) is 11.3 Å². The van der Waals surface area contributed by atoms with Crippen molar-refractivity contribution in [2.24, 2.45) is 0 Å². The van der Waals surface area contributed by atoms with Gasteiger partial charge in [0.2, 0.25) is 5.76 Å². The van der Waals surface area contributed by atoms with Crippen LogP contribution in [-0.2, 0) is 32.7 Å². The Morgan fingerprint density at radius 3 is 2.60 bits per heavy atom. The number of carbonyl (C=O) groups excluding carboxylic acids is 1. The Morgan fingerprint density at radius 2 is 1.90 bits per heavy atom. The molecule has 3 rings (SSSR count). The van der Waals surface area contributed by atoms with Crippen molar-refractivity contribution < 1.29 is 42.0 Å². The molecule has 1 aliphatic rings. The number of amides is 1. The van der Waals surface area contributed by atoms with Crippen LogP contribution >= 0.6 is 0 Å². The number of hydrogen-bond acceptors (Lipinski definition) is 3. The number of rotatable bonds is 2. The zero-order valence-electron chi connectivity index (χ0n) is 11.0. The zero-order chi connectivity index (χ0) is 13.1. The van der Waals surface area contributed by atoms with E-state index < -0.39 is 0 Å². The molecule has 1 aromatic carbocycles. The van der Waals surface area contributed by atoms with E-state index in [2.05, 4.69) is 10.5 Å². The topological polar surface area (TPSA) is 60.4 Å². The van der Waals surface area contributed by atoms with Gasteiger partial charge >= 0.3 is 0 Å². The van der Waals surface area contributed by atoms with Crippen LogP contribution in [0.4, 0.5) is 0 Å². The standard InChI is InChI=1S/C14H14N3O2.Y/c18-14(17-8-6-15-7-9-17)13-10-12(16-19-13)11-4-2-1-3-5-11;/h1-5,10H,6-9H2;/q-1;. The maximum Gasteiger partial charge on any atom is 0.292 e. The van der Waals surface area contributed by atoms with Gasteiger partial charge < -0.3 is 14.7 Å². The number of piperazine rings is 1. The van der Waals surface area contributed by atoms with Crippen molar-refractivity contribution in [1.29, 1.82) is 0 Å². The van der Waals surface area contributed by atoms with Crippen molar-refractivity contribution in [1.82, 2.24) is 10.1 Å². The van der Waals surface area contributed by atoms with Gasteiger partial charge in [0.15, 0.2) is 0 Å². The summed E-state index contributed by atoms with van der Waals surface area (Å²) in [7, 11) is 0. The first-order valence-corrected chi connectivity index (χ1v) is 6.29. The summed E-state index contributed by atoms with van der Waals surface area (Å²) in [6.07, 6.45) is 0. The number of aromatic nitrogens is 1. The Hall–Kier alpha value is -1.04. The Balaban J connectivity index is 0.00000147. The van der Waals surface area contributed by atoms with Crippen LogP contribution in [-0.4, -0.2) is 42.1 Å². The summed E-state index contributed by atoms with van der Waals surface area (Å²) in [6.45, 7) is 2.71. The molecule has 6 heteroatoms. The first kappa shape index (κ1) is 15.4. The molecule has 1 amide bonds. The third-order valence-corrected chi connectivity index (χ3v) is 3.13. The molecule has 0 unspecified atom stereocenters. The van der Waals surface area contributed by atoms with Crippen LogP contribution in [0.1, 0.15) is 10.6 Å². The molecule has 1 radical (unpaired) electrons.